The van der Waals surface area contributed by atoms with E-state index >= 15 is 0 Å². The number of allylic oxidation sites excluding steroid dienone is 1. The van der Waals surface area contributed by atoms with Gasteiger partial charge in [0, 0.05) is 12.5 Å². The zero-order chi connectivity index (χ0) is 18.3. The molecule has 0 radical (unpaired) electrons. The van der Waals surface area contributed by atoms with E-state index in [1.54, 1.807) is 0 Å². The van der Waals surface area contributed by atoms with Crippen LogP contribution in [0.3, 0.4) is 0 Å². The van der Waals surface area contributed by atoms with E-state index in [1.165, 1.54) is 11.1 Å². The molecule has 136 valence electrons. The lowest BCUT2D eigenvalue weighted by Crippen LogP contribution is -2.24. The lowest BCUT2D eigenvalue weighted by atomic mass is 9.99. The minimum Gasteiger partial charge on any atom is -0.490 e. The Bertz CT molecular complexity index is 637. The van der Waals surface area contributed by atoms with Crippen molar-refractivity contribution in [3.63, 3.8) is 0 Å². The third kappa shape index (κ3) is 6.48. The van der Waals surface area contributed by atoms with Gasteiger partial charge in [-0.05, 0) is 64.7 Å². The van der Waals surface area contributed by atoms with E-state index in [0.29, 0.717) is 13.2 Å². The smallest absolute Gasteiger partial charge is 0.126 e. The van der Waals surface area contributed by atoms with E-state index in [0.717, 1.165) is 37.2 Å². The molecule has 0 aliphatic carbocycles. The third-order valence-corrected chi connectivity index (χ3v) is 4.45. The molecule has 25 heavy (non-hydrogen) atoms. The van der Waals surface area contributed by atoms with Crippen LogP contribution in [0.1, 0.15) is 52.5 Å². The predicted molar refractivity (Wildman–Crippen MR) is 102 cm³/mol. The molecule has 0 N–H and O–H groups in total. The zero-order valence-electron chi connectivity index (χ0n) is 15.9. The lowest BCUT2D eigenvalue weighted by molar-refractivity contribution is -0.00564. The molecule has 0 fully saturated rings. The molecule has 0 bridgehead atoms. The van der Waals surface area contributed by atoms with E-state index in [-0.39, 0.29) is 11.7 Å². The molecule has 0 saturated heterocycles. The maximum absolute atomic E-state index is 5.83. The lowest BCUT2D eigenvalue weighted by Gasteiger charge is -2.24. The van der Waals surface area contributed by atoms with E-state index in [2.05, 4.69) is 45.8 Å². The van der Waals surface area contributed by atoms with Crippen LogP contribution in [-0.4, -0.2) is 24.9 Å². The average molecular weight is 342 g/mol. The fourth-order valence-corrected chi connectivity index (χ4v) is 2.96. The highest BCUT2D eigenvalue weighted by Crippen LogP contribution is 2.32. The van der Waals surface area contributed by atoms with Gasteiger partial charge in [-0.1, -0.05) is 17.6 Å². The first-order valence-corrected chi connectivity index (χ1v) is 9.05. The Hall–Kier alpha value is -1.92. The first kappa shape index (κ1) is 19.4. The molecule has 1 aromatic rings. The molecule has 1 aromatic carbocycles. The Morgan fingerprint density at radius 3 is 3.00 bits per heavy atom. The van der Waals surface area contributed by atoms with Gasteiger partial charge in [-0.15, -0.1) is 6.42 Å². The molecular weight excluding hydrogens is 312 g/mol. The second-order valence-corrected chi connectivity index (χ2v) is 7.37. The molecule has 3 nitrogen and oxygen atoms in total. The number of rotatable bonds is 9. The molecule has 0 spiro atoms. The highest BCUT2D eigenvalue weighted by Gasteiger charge is 2.19. The van der Waals surface area contributed by atoms with Crippen LogP contribution >= 0.6 is 0 Å². The van der Waals surface area contributed by atoms with Gasteiger partial charge in [-0.2, -0.15) is 0 Å². The Kier molecular flexibility index (Phi) is 6.96. The van der Waals surface area contributed by atoms with E-state index < -0.39 is 0 Å². The number of terminal acetylenes is 1. The van der Waals surface area contributed by atoms with Gasteiger partial charge in [-0.3, -0.25) is 0 Å². The van der Waals surface area contributed by atoms with Crippen molar-refractivity contribution in [2.24, 2.45) is 0 Å². The van der Waals surface area contributed by atoms with Crippen molar-refractivity contribution in [2.45, 2.75) is 65.1 Å². The number of hydrogen-bond acceptors (Lipinski definition) is 3. The third-order valence-electron chi connectivity index (χ3n) is 4.45. The topological polar surface area (TPSA) is 27.7 Å². The van der Waals surface area contributed by atoms with Gasteiger partial charge in [0.15, 0.2) is 0 Å². The fourth-order valence-electron chi connectivity index (χ4n) is 2.96. The highest BCUT2D eigenvalue weighted by atomic mass is 16.5. The van der Waals surface area contributed by atoms with Gasteiger partial charge in [0.1, 0.15) is 30.8 Å². The Morgan fingerprint density at radius 2 is 2.24 bits per heavy atom. The fraction of sp³-hybridized carbons (Fsp3) is 0.545. The van der Waals surface area contributed by atoms with E-state index in [9.17, 15) is 0 Å². The monoisotopic (exact) mass is 342 g/mol. The minimum atomic E-state index is -0.162. The summed E-state index contributed by atoms with van der Waals surface area (Å²) in [6.07, 6.45) is 11.7. The van der Waals surface area contributed by atoms with Crippen LogP contribution in [0.2, 0.25) is 0 Å². The maximum atomic E-state index is 5.83. The summed E-state index contributed by atoms with van der Waals surface area (Å²) in [7, 11) is 0. The van der Waals surface area contributed by atoms with Crippen molar-refractivity contribution in [3.8, 4) is 23.8 Å². The average Bonchev–Trinajstić information content (AvgIpc) is 2.92. The summed E-state index contributed by atoms with van der Waals surface area (Å²) in [6, 6.07) is 6.12. The van der Waals surface area contributed by atoms with E-state index in [1.807, 2.05) is 12.1 Å². The molecule has 0 saturated carbocycles. The molecule has 0 amide bonds. The largest absolute Gasteiger partial charge is 0.490 e. The van der Waals surface area contributed by atoms with Gasteiger partial charge in [-0.25, -0.2) is 0 Å². The van der Waals surface area contributed by atoms with Crippen LogP contribution < -0.4 is 9.47 Å². The summed E-state index contributed by atoms with van der Waals surface area (Å²) in [5, 5.41) is 0. The molecule has 3 heteroatoms. The summed E-state index contributed by atoms with van der Waals surface area (Å²) < 4.78 is 17.3. The Morgan fingerprint density at radius 1 is 1.44 bits per heavy atom. The molecule has 2 rings (SSSR count). The molecule has 1 heterocycles. The maximum Gasteiger partial charge on any atom is 0.126 e. The number of ether oxygens (including phenoxy) is 3. The van der Waals surface area contributed by atoms with Crippen LogP contribution in [0.4, 0.5) is 0 Å². The zero-order valence-corrected chi connectivity index (χ0v) is 15.9. The molecule has 1 aliphatic heterocycles. The van der Waals surface area contributed by atoms with Gasteiger partial charge >= 0.3 is 0 Å². The number of fused-ring (bicyclic) bond motifs is 1. The normalized spacial score (nSPS) is 16.9. The summed E-state index contributed by atoms with van der Waals surface area (Å²) in [5.41, 5.74) is 2.44. The number of hydrogen-bond donors (Lipinski definition) is 0. The Balaban J connectivity index is 1.71. The SMILES string of the molecule is C#CCOC(C)(C)CCC/C(C)=C/COc1ccc2c(c1)OC(C)C2. The van der Waals surface area contributed by atoms with Crippen molar-refractivity contribution >= 4 is 0 Å². The molecule has 1 atom stereocenters. The standard InChI is InChI=1S/C22H30O3/c1-6-13-24-22(4,5)12-7-8-17(2)11-14-23-20-10-9-19-15-18(3)25-21(19)16-20/h1,9-11,16,18H,7-8,12-15H2,2-5H3/b17-11+. The van der Waals surface area contributed by atoms with Crippen LogP contribution in [0.5, 0.6) is 11.5 Å². The summed E-state index contributed by atoms with van der Waals surface area (Å²) in [4.78, 5) is 0. The van der Waals surface area contributed by atoms with Crippen LogP contribution in [0.25, 0.3) is 0 Å². The summed E-state index contributed by atoms with van der Waals surface area (Å²) >= 11 is 0. The van der Waals surface area contributed by atoms with Crippen molar-refractivity contribution in [2.75, 3.05) is 13.2 Å². The van der Waals surface area contributed by atoms with Crippen molar-refractivity contribution in [3.05, 3.63) is 35.4 Å². The summed E-state index contributed by atoms with van der Waals surface area (Å²) in [5.74, 6) is 4.35. The second kappa shape index (κ2) is 8.97. The predicted octanol–water partition coefficient (Wildman–Crippen LogP) is 4.93. The quantitative estimate of drug-likeness (QED) is 0.470. The van der Waals surface area contributed by atoms with Crippen molar-refractivity contribution in [1.29, 1.82) is 0 Å². The second-order valence-electron chi connectivity index (χ2n) is 7.37. The first-order valence-electron chi connectivity index (χ1n) is 9.05. The van der Waals surface area contributed by atoms with E-state index in [4.69, 9.17) is 20.6 Å². The molecular formula is C22H30O3. The molecule has 1 unspecified atom stereocenters. The van der Waals surface area contributed by atoms with Crippen LogP contribution in [-0.2, 0) is 11.2 Å². The van der Waals surface area contributed by atoms with Crippen LogP contribution in [0.15, 0.2) is 29.8 Å². The van der Waals surface area contributed by atoms with Gasteiger partial charge < -0.3 is 14.2 Å². The summed E-state index contributed by atoms with van der Waals surface area (Å²) in [6.45, 7) is 9.36. The molecule has 0 aromatic heterocycles. The molecule has 1 aliphatic rings. The van der Waals surface area contributed by atoms with Crippen LogP contribution in [0, 0.1) is 12.3 Å². The van der Waals surface area contributed by atoms with Gasteiger partial charge in [0.2, 0.25) is 0 Å². The van der Waals surface area contributed by atoms with Gasteiger partial charge in [0.25, 0.3) is 0 Å². The minimum absolute atomic E-state index is 0.162. The Labute approximate surface area is 152 Å². The number of benzene rings is 1. The highest BCUT2D eigenvalue weighted by molar-refractivity contribution is 5.43. The first-order chi connectivity index (χ1) is 11.9. The van der Waals surface area contributed by atoms with Gasteiger partial charge in [0.05, 0.1) is 5.60 Å². The van der Waals surface area contributed by atoms with Crippen molar-refractivity contribution in [1.82, 2.24) is 0 Å². The van der Waals surface area contributed by atoms with Crippen molar-refractivity contribution < 1.29 is 14.2 Å².